The number of rotatable bonds is 5. The molecule has 1 amide bonds. The Hall–Kier alpha value is -5.26. The second kappa shape index (κ2) is 10.3. The molecule has 12 heteroatoms. The van der Waals surface area contributed by atoms with E-state index in [1.165, 1.54) is 30.3 Å². The Kier molecular flexibility index (Phi) is 6.93. The van der Waals surface area contributed by atoms with Gasteiger partial charge in [0, 0.05) is 11.3 Å². The quantitative estimate of drug-likeness (QED) is 0.132. The van der Waals surface area contributed by atoms with E-state index in [-0.39, 0.29) is 34.3 Å². The number of aromatic carboxylic acids is 1. The Balaban J connectivity index is 1.60. The Morgan fingerprint density at radius 1 is 0.929 bits per heavy atom. The van der Waals surface area contributed by atoms with Gasteiger partial charge in [0.05, 0.1) is 28.1 Å². The van der Waals surface area contributed by atoms with Crippen LogP contribution in [0.2, 0.25) is 0 Å². The monoisotopic (exact) mass is 581 g/mol. The van der Waals surface area contributed by atoms with Crippen LogP contribution in [0.3, 0.4) is 0 Å². The highest BCUT2D eigenvalue weighted by Crippen LogP contribution is 2.42. The molecule has 0 saturated heterocycles. The average Bonchev–Trinajstić information content (AvgIpc) is 3.21. The van der Waals surface area contributed by atoms with Gasteiger partial charge >= 0.3 is 12.1 Å². The third-order valence-corrected chi connectivity index (χ3v) is 6.86. The maximum Gasteiger partial charge on any atom is 0.416 e. The van der Waals surface area contributed by atoms with Crippen molar-refractivity contribution in [2.75, 3.05) is 10.3 Å². The Morgan fingerprint density at radius 3 is 2.33 bits per heavy atom. The molecule has 3 N–H and O–H groups in total. The van der Waals surface area contributed by atoms with Crippen LogP contribution in [0.5, 0.6) is 5.75 Å². The molecule has 0 spiro atoms. The van der Waals surface area contributed by atoms with Gasteiger partial charge in [0.25, 0.3) is 5.91 Å². The number of phenols is 1. The zero-order valence-electron chi connectivity index (χ0n) is 21.8. The van der Waals surface area contributed by atoms with Crippen LogP contribution in [0.15, 0.2) is 71.8 Å². The number of aryl methyl sites for hydroxylation is 2. The summed E-state index contributed by atoms with van der Waals surface area (Å²) in [6, 6.07) is 13.1. The molecule has 0 aliphatic carbocycles. The number of hydrazone groups is 1. The molecule has 0 aromatic heterocycles. The third-order valence-electron chi connectivity index (χ3n) is 6.86. The van der Waals surface area contributed by atoms with Crippen molar-refractivity contribution in [3.05, 3.63) is 106 Å². The standard InChI is InChI=1S/C30H20F5N3O4/c1-14-6-8-18(10-15(14)2)38-24-13-17(30(33,34)35)12-22(32)25(24)26(28(38)40)37-36-23-5-3-4-19(27(23)39)16-7-9-21(31)20(11-16)29(41)42/h3-13,36,39H,1-2H3,(H,41,42)/b37-26-. The van der Waals surface area contributed by atoms with Crippen molar-refractivity contribution in [1.29, 1.82) is 0 Å². The van der Waals surface area contributed by atoms with E-state index in [1.54, 1.807) is 19.1 Å². The van der Waals surface area contributed by atoms with Crippen LogP contribution in [0.1, 0.15) is 32.6 Å². The number of carbonyl (C=O) groups is 2. The van der Waals surface area contributed by atoms with Crippen LogP contribution in [-0.4, -0.2) is 27.8 Å². The molecular weight excluding hydrogens is 561 g/mol. The van der Waals surface area contributed by atoms with Crippen molar-refractivity contribution in [3.63, 3.8) is 0 Å². The fourth-order valence-electron chi connectivity index (χ4n) is 4.55. The minimum Gasteiger partial charge on any atom is -0.505 e. The molecule has 214 valence electrons. The number of phenolic OH excluding ortho intramolecular Hbond substituents is 1. The zero-order chi connectivity index (χ0) is 30.5. The van der Waals surface area contributed by atoms with E-state index in [0.29, 0.717) is 6.07 Å². The van der Waals surface area contributed by atoms with Gasteiger partial charge in [-0.05, 0) is 73.0 Å². The number of nitrogens with one attached hydrogen (secondary N) is 1. The summed E-state index contributed by atoms with van der Waals surface area (Å²) in [5.41, 5.74) is 1.09. The Labute approximate surface area is 235 Å². The van der Waals surface area contributed by atoms with E-state index in [1.807, 2.05) is 6.92 Å². The number of halogens is 5. The van der Waals surface area contributed by atoms with Crippen LogP contribution in [0, 0.1) is 25.5 Å². The van der Waals surface area contributed by atoms with Gasteiger partial charge in [0.1, 0.15) is 17.4 Å². The number of carboxylic acids is 1. The summed E-state index contributed by atoms with van der Waals surface area (Å²) in [6.07, 6.45) is -4.89. The number of fused-ring (bicyclic) bond motifs is 1. The van der Waals surface area contributed by atoms with Gasteiger partial charge < -0.3 is 10.2 Å². The van der Waals surface area contributed by atoms with Crippen molar-refractivity contribution in [3.8, 4) is 16.9 Å². The highest BCUT2D eigenvalue weighted by molar-refractivity contribution is 6.55. The molecule has 5 rings (SSSR count). The number of hydrogen-bond acceptors (Lipinski definition) is 5. The minimum atomic E-state index is -4.89. The maximum atomic E-state index is 15.2. The first kappa shape index (κ1) is 28.3. The number of anilines is 3. The molecule has 0 atom stereocenters. The topological polar surface area (TPSA) is 102 Å². The average molecular weight is 581 g/mol. The lowest BCUT2D eigenvalue weighted by molar-refractivity contribution is -0.137. The lowest BCUT2D eigenvalue weighted by atomic mass is 10.0. The number of benzene rings is 4. The van der Waals surface area contributed by atoms with Crippen LogP contribution < -0.4 is 10.3 Å². The first-order valence-corrected chi connectivity index (χ1v) is 12.3. The lowest BCUT2D eigenvalue weighted by Crippen LogP contribution is -2.26. The molecule has 4 aromatic rings. The van der Waals surface area contributed by atoms with E-state index in [0.717, 1.165) is 28.2 Å². The molecular formula is C30H20F5N3O4. The smallest absolute Gasteiger partial charge is 0.416 e. The molecule has 4 aromatic carbocycles. The van der Waals surface area contributed by atoms with Crippen molar-refractivity contribution in [1.82, 2.24) is 0 Å². The van der Waals surface area contributed by atoms with Gasteiger partial charge in [-0.3, -0.25) is 15.1 Å². The number of alkyl halides is 3. The van der Waals surface area contributed by atoms with Crippen molar-refractivity contribution >= 4 is 34.7 Å². The molecule has 0 unspecified atom stereocenters. The normalized spacial score (nSPS) is 13.9. The third kappa shape index (κ3) is 4.91. The van der Waals surface area contributed by atoms with Crippen molar-refractivity contribution in [2.45, 2.75) is 20.0 Å². The SMILES string of the molecule is Cc1ccc(N2C(=O)/C(=N\Nc3cccc(-c4ccc(F)c(C(=O)O)c4)c3O)c3c(F)cc(C(F)(F)F)cc32)cc1C. The Bertz CT molecular complexity index is 1820. The van der Waals surface area contributed by atoms with Gasteiger partial charge in [0.15, 0.2) is 5.71 Å². The van der Waals surface area contributed by atoms with Crippen molar-refractivity contribution < 1.29 is 41.8 Å². The van der Waals surface area contributed by atoms with E-state index in [9.17, 15) is 37.4 Å². The number of para-hydroxylation sites is 1. The molecule has 0 bridgehead atoms. The highest BCUT2D eigenvalue weighted by Gasteiger charge is 2.41. The molecule has 0 radical (unpaired) electrons. The van der Waals surface area contributed by atoms with E-state index in [2.05, 4.69) is 10.5 Å². The Morgan fingerprint density at radius 2 is 1.67 bits per heavy atom. The maximum absolute atomic E-state index is 15.2. The minimum absolute atomic E-state index is 0.0820. The lowest BCUT2D eigenvalue weighted by Gasteiger charge is -2.19. The van der Waals surface area contributed by atoms with Crippen LogP contribution in [0.25, 0.3) is 11.1 Å². The zero-order valence-corrected chi connectivity index (χ0v) is 21.8. The van der Waals surface area contributed by atoms with Gasteiger partial charge in [-0.25, -0.2) is 13.6 Å². The molecule has 0 fully saturated rings. The fourth-order valence-corrected chi connectivity index (χ4v) is 4.55. The van der Waals surface area contributed by atoms with E-state index in [4.69, 9.17) is 0 Å². The summed E-state index contributed by atoms with van der Waals surface area (Å²) in [4.78, 5) is 25.8. The number of carboxylic acid groups (broad SMARTS) is 1. The summed E-state index contributed by atoms with van der Waals surface area (Å²) < 4.78 is 69.8. The summed E-state index contributed by atoms with van der Waals surface area (Å²) in [5, 5.41) is 24.1. The first-order chi connectivity index (χ1) is 19.8. The fraction of sp³-hybridized carbons (Fsp3) is 0.100. The molecule has 1 aliphatic rings. The molecule has 7 nitrogen and oxygen atoms in total. The first-order valence-electron chi connectivity index (χ1n) is 12.3. The molecule has 1 aliphatic heterocycles. The largest absolute Gasteiger partial charge is 0.505 e. The second-order valence-corrected chi connectivity index (χ2v) is 9.53. The van der Waals surface area contributed by atoms with Crippen LogP contribution in [-0.2, 0) is 11.0 Å². The number of nitrogens with zero attached hydrogens (tertiary/aromatic N) is 2. The van der Waals surface area contributed by atoms with Crippen LogP contribution >= 0.6 is 0 Å². The van der Waals surface area contributed by atoms with Gasteiger partial charge in [-0.15, -0.1) is 0 Å². The van der Waals surface area contributed by atoms with E-state index >= 15 is 4.39 Å². The van der Waals surface area contributed by atoms with Crippen molar-refractivity contribution in [2.24, 2.45) is 5.10 Å². The second-order valence-electron chi connectivity index (χ2n) is 9.53. The van der Waals surface area contributed by atoms with E-state index < -0.39 is 57.8 Å². The molecule has 1 heterocycles. The predicted molar refractivity (Wildman–Crippen MR) is 145 cm³/mol. The van der Waals surface area contributed by atoms with Gasteiger partial charge in [0.2, 0.25) is 0 Å². The number of aromatic hydroxyl groups is 1. The number of carbonyl (C=O) groups excluding carboxylic acids is 1. The number of amides is 1. The predicted octanol–water partition coefficient (Wildman–Crippen LogP) is 7.17. The summed E-state index contributed by atoms with van der Waals surface area (Å²) >= 11 is 0. The summed E-state index contributed by atoms with van der Waals surface area (Å²) in [6.45, 7) is 3.56. The highest BCUT2D eigenvalue weighted by atomic mass is 19.4. The van der Waals surface area contributed by atoms with Crippen LogP contribution in [0.4, 0.5) is 39.0 Å². The van der Waals surface area contributed by atoms with Gasteiger partial charge in [-0.1, -0.05) is 24.3 Å². The summed E-state index contributed by atoms with van der Waals surface area (Å²) in [5.74, 6) is -5.20. The summed E-state index contributed by atoms with van der Waals surface area (Å²) in [7, 11) is 0. The number of hydrogen-bond donors (Lipinski definition) is 3. The molecule has 42 heavy (non-hydrogen) atoms. The molecule has 0 saturated carbocycles. The van der Waals surface area contributed by atoms with Gasteiger partial charge in [-0.2, -0.15) is 18.3 Å².